The Labute approximate surface area is 176 Å². The molecule has 31 heavy (non-hydrogen) atoms. The van der Waals surface area contributed by atoms with Crippen LogP contribution in [-0.4, -0.2) is 24.9 Å². The van der Waals surface area contributed by atoms with Crippen molar-refractivity contribution in [1.82, 2.24) is 24.9 Å². The summed E-state index contributed by atoms with van der Waals surface area (Å²) in [5.74, 6) is 0.417. The van der Waals surface area contributed by atoms with Crippen molar-refractivity contribution < 1.29 is 17.6 Å². The normalized spacial score (nSPS) is 12.0. The quantitative estimate of drug-likeness (QED) is 0.363. The van der Waals surface area contributed by atoms with E-state index in [4.69, 9.17) is 0 Å². The molecule has 0 aliphatic carbocycles. The molecular formula is C20H12F4N6S. The first-order valence-corrected chi connectivity index (χ1v) is 9.91. The number of anilines is 1. The van der Waals surface area contributed by atoms with Crippen LogP contribution in [0.25, 0.3) is 32.6 Å². The maximum absolute atomic E-state index is 13.7. The third-order valence-electron chi connectivity index (χ3n) is 4.64. The predicted molar refractivity (Wildman–Crippen MR) is 109 cm³/mol. The lowest BCUT2D eigenvalue weighted by Gasteiger charge is -2.10. The summed E-state index contributed by atoms with van der Waals surface area (Å²) in [5, 5.41) is 6.34. The smallest absolute Gasteiger partial charge is 0.365 e. The zero-order valence-corrected chi connectivity index (χ0v) is 16.4. The minimum Gasteiger partial charge on any atom is -0.365 e. The fourth-order valence-corrected chi connectivity index (χ4v) is 3.92. The SMILES string of the molecule is Fc1cnc2[nH]cc(-c3nc(NCc4ccc(C(F)(F)F)nc4)c4ccsc4n3)c2c1. The van der Waals surface area contributed by atoms with Crippen molar-refractivity contribution >= 4 is 38.4 Å². The molecule has 0 fully saturated rings. The maximum Gasteiger partial charge on any atom is 0.433 e. The molecule has 5 rings (SSSR count). The number of alkyl halides is 3. The topological polar surface area (TPSA) is 79.4 Å². The van der Waals surface area contributed by atoms with Crippen LogP contribution in [0.5, 0.6) is 0 Å². The molecule has 0 aliphatic rings. The van der Waals surface area contributed by atoms with E-state index in [-0.39, 0.29) is 6.54 Å². The predicted octanol–water partition coefficient (Wildman–Crippen LogP) is 5.40. The molecule has 0 aliphatic heterocycles. The van der Waals surface area contributed by atoms with E-state index in [1.807, 2.05) is 11.4 Å². The van der Waals surface area contributed by atoms with E-state index >= 15 is 0 Å². The number of hydrogen-bond donors (Lipinski definition) is 2. The minimum atomic E-state index is -4.48. The number of nitrogens with zero attached hydrogens (tertiary/aromatic N) is 4. The summed E-state index contributed by atoms with van der Waals surface area (Å²) in [6.45, 7) is 0.219. The van der Waals surface area contributed by atoms with Gasteiger partial charge in [0.05, 0.1) is 11.6 Å². The van der Waals surface area contributed by atoms with Crippen LogP contribution < -0.4 is 5.32 Å². The molecule has 11 heteroatoms. The largest absolute Gasteiger partial charge is 0.433 e. The third-order valence-corrected chi connectivity index (χ3v) is 5.45. The summed E-state index contributed by atoms with van der Waals surface area (Å²) in [5.41, 5.74) is 0.726. The van der Waals surface area contributed by atoms with Crippen LogP contribution in [0.3, 0.4) is 0 Å². The number of hydrogen-bond acceptors (Lipinski definition) is 6. The molecule has 5 aromatic rings. The van der Waals surface area contributed by atoms with Gasteiger partial charge in [-0.25, -0.2) is 19.3 Å². The van der Waals surface area contributed by atoms with E-state index in [1.54, 1.807) is 6.20 Å². The van der Waals surface area contributed by atoms with Gasteiger partial charge >= 0.3 is 6.18 Å². The van der Waals surface area contributed by atoms with Crippen LogP contribution in [-0.2, 0) is 12.7 Å². The lowest BCUT2D eigenvalue weighted by molar-refractivity contribution is -0.141. The molecule has 0 saturated heterocycles. The lowest BCUT2D eigenvalue weighted by Crippen LogP contribution is -2.09. The number of fused-ring (bicyclic) bond motifs is 2. The molecule has 0 bridgehead atoms. The first-order valence-electron chi connectivity index (χ1n) is 9.03. The van der Waals surface area contributed by atoms with Crippen molar-refractivity contribution in [2.75, 3.05) is 5.32 Å². The maximum atomic E-state index is 13.7. The zero-order valence-electron chi connectivity index (χ0n) is 15.5. The molecule has 0 atom stereocenters. The van der Waals surface area contributed by atoms with Crippen LogP contribution in [0.15, 0.2) is 48.2 Å². The van der Waals surface area contributed by atoms with Crippen LogP contribution in [0.4, 0.5) is 23.4 Å². The van der Waals surface area contributed by atoms with Gasteiger partial charge in [-0.05, 0) is 29.1 Å². The molecule has 0 saturated carbocycles. The molecule has 0 spiro atoms. The zero-order chi connectivity index (χ0) is 21.6. The van der Waals surface area contributed by atoms with Crippen LogP contribution in [0.1, 0.15) is 11.3 Å². The molecule has 5 heterocycles. The van der Waals surface area contributed by atoms with E-state index in [0.29, 0.717) is 33.8 Å². The van der Waals surface area contributed by atoms with E-state index in [1.165, 1.54) is 29.7 Å². The van der Waals surface area contributed by atoms with Gasteiger partial charge < -0.3 is 10.3 Å². The molecule has 5 aromatic heterocycles. The lowest BCUT2D eigenvalue weighted by atomic mass is 10.2. The fourth-order valence-electron chi connectivity index (χ4n) is 3.16. The highest BCUT2D eigenvalue weighted by Gasteiger charge is 2.32. The monoisotopic (exact) mass is 444 g/mol. The third kappa shape index (κ3) is 3.67. The van der Waals surface area contributed by atoms with Gasteiger partial charge in [0, 0.05) is 29.9 Å². The average Bonchev–Trinajstić information content (AvgIpc) is 3.38. The summed E-state index contributed by atoms with van der Waals surface area (Å²) in [6, 6.07) is 5.52. The van der Waals surface area contributed by atoms with Gasteiger partial charge in [0.1, 0.15) is 27.8 Å². The summed E-state index contributed by atoms with van der Waals surface area (Å²) < 4.78 is 51.8. The van der Waals surface area contributed by atoms with Crippen molar-refractivity contribution in [3.63, 3.8) is 0 Å². The number of H-pyrrole nitrogens is 1. The summed E-state index contributed by atoms with van der Waals surface area (Å²) in [4.78, 5) is 20.3. The Kier molecular flexibility index (Phi) is 4.54. The summed E-state index contributed by atoms with van der Waals surface area (Å²) in [7, 11) is 0. The summed E-state index contributed by atoms with van der Waals surface area (Å²) in [6.07, 6.45) is -0.521. The Balaban J connectivity index is 1.49. The number of aromatic amines is 1. The Morgan fingerprint density at radius 1 is 1.03 bits per heavy atom. The number of pyridine rings is 2. The van der Waals surface area contributed by atoms with Gasteiger partial charge in [0.2, 0.25) is 0 Å². The Hall–Kier alpha value is -3.60. The molecule has 0 amide bonds. The molecule has 156 valence electrons. The number of nitrogens with one attached hydrogen (secondary N) is 2. The molecular weight excluding hydrogens is 432 g/mol. The molecule has 0 aromatic carbocycles. The number of aromatic nitrogens is 5. The number of halogens is 4. The Bertz CT molecular complexity index is 1390. The van der Waals surface area contributed by atoms with E-state index in [9.17, 15) is 17.6 Å². The summed E-state index contributed by atoms with van der Waals surface area (Å²) >= 11 is 1.42. The van der Waals surface area contributed by atoms with E-state index in [0.717, 1.165) is 22.5 Å². The van der Waals surface area contributed by atoms with Crippen molar-refractivity contribution in [3.05, 3.63) is 65.3 Å². The molecule has 0 unspecified atom stereocenters. The van der Waals surface area contributed by atoms with Gasteiger partial charge in [-0.2, -0.15) is 13.2 Å². The van der Waals surface area contributed by atoms with Gasteiger partial charge in [-0.3, -0.25) is 4.98 Å². The highest BCUT2D eigenvalue weighted by atomic mass is 32.1. The van der Waals surface area contributed by atoms with Gasteiger partial charge in [0.25, 0.3) is 0 Å². The highest BCUT2D eigenvalue weighted by Crippen LogP contribution is 2.32. The van der Waals surface area contributed by atoms with Crippen molar-refractivity contribution in [1.29, 1.82) is 0 Å². The van der Waals surface area contributed by atoms with Gasteiger partial charge in [-0.15, -0.1) is 11.3 Å². The fraction of sp³-hybridized carbons (Fsp3) is 0.100. The second-order valence-corrected chi connectivity index (χ2v) is 7.58. The first kappa shape index (κ1) is 19.4. The Morgan fingerprint density at radius 3 is 2.68 bits per heavy atom. The average molecular weight is 444 g/mol. The molecule has 2 N–H and O–H groups in total. The molecule has 6 nitrogen and oxygen atoms in total. The first-order chi connectivity index (χ1) is 14.9. The van der Waals surface area contributed by atoms with Crippen LogP contribution >= 0.6 is 11.3 Å². The van der Waals surface area contributed by atoms with Crippen molar-refractivity contribution in [2.24, 2.45) is 0 Å². The standard InChI is InChI=1S/C20H12F4N6S/c21-11-5-13-14(9-28-16(13)27-8-11)18-29-17(12-3-4-31-19(12)30-18)26-7-10-1-2-15(25-6-10)20(22,23)24/h1-6,8-9H,7H2,(H,27,28)(H,26,29,30). The molecule has 0 radical (unpaired) electrons. The van der Waals surface area contributed by atoms with Crippen molar-refractivity contribution in [2.45, 2.75) is 12.7 Å². The number of rotatable bonds is 4. The van der Waals surface area contributed by atoms with Crippen LogP contribution in [0.2, 0.25) is 0 Å². The van der Waals surface area contributed by atoms with E-state index in [2.05, 4.69) is 30.2 Å². The van der Waals surface area contributed by atoms with Gasteiger partial charge in [0.15, 0.2) is 5.82 Å². The Morgan fingerprint density at radius 2 is 1.90 bits per heavy atom. The van der Waals surface area contributed by atoms with Gasteiger partial charge in [-0.1, -0.05) is 6.07 Å². The highest BCUT2D eigenvalue weighted by molar-refractivity contribution is 7.16. The second-order valence-electron chi connectivity index (χ2n) is 6.69. The minimum absolute atomic E-state index is 0.219. The number of thiophene rings is 1. The van der Waals surface area contributed by atoms with Crippen molar-refractivity contribution in [3.8, 4) is 11.4 Å². The van der Waals surface area contributed by atoms with E-state index < -0.39 is 17.7 Å². The van der Waals surface area contributed by atoms with Crippen LogP contribution in [0, 0.1) is 5.82 Å². The second kappa shape index (κ2) is 7.27.